The van der Waals surface area contributed by atoms with Crippen LogP contribution >= 0.6 is 0 Å². The summed E-state index contributed by atoms with van der Waals surface area (Å²) in [6.07, 6.45) is 4.30. The van der Waals surface area contributed by atoms with Gasteiger partial charge in [0.1, 0.15) is 0 Å². The van der Waals surface area contributed by atoms with Gasteiger partial charge in [-0.2, -0.15) is 4.68 Å². The smallest absolute Gasteiger partial charge is 0.360 e. The number of nitrogens with zero attached hydrogens (tertiary/aromatic N) is 6. The molecule has 10 nitrogen and oxygen atoms in total. The van der Waals surface area contributed by atoms with E-state index in [4.69, 9.17) is 10.5 Å². The minimum atomic E-state index is -0.554. The topological polar surface area (TPSA) is 125 Å². The summed E-state index contributed by atoms with van der Waals surface area (Å²) in [5.74, 6) is -0.262. The number of unbranched alkanes of at least 4 members (excludes halogenated alkanes) is 2. The van der Waals surface area contributed by atoms with E-state index in [0.29, 0.717) is 12.2 Å². The Hall–Kier alpha value is -2.49. The van der Waals surface area contributed by atoms with Gasteiger partial charge >= 0.3 is 5.97 Å². The molecule has 0 saturated heterocycles. The highest BCUT2D eigenvalue weighted by molar-refractivity contribution is 5.88. The summed E-state index contributed by atoms with van der Waals surface area (Å²) in [6.45, 7) is 6.59. The van der Waals surface area contributed by atoms with Gasteiger partial charge in [-0.15, -0.1) is 5.10 Å². The van der Waals surface area contributed by atoms with Gasteiger partial charge in [0.15, 0.2) is 5.69 Å². The van der Waals surface area contributed by atoms with Crippen LogP contribution in [-0.4, -0.2) is 56.4 Å². The van der Waals surface area contributed by atoms with E-state index in [1.54, 1.807) is 0 Å². The molecule has 2 aromatic rings. The molecule has 138 valence electrons. The van der Waals surface area contributed by atoms with E-state index in [1.165, 1.54) is 11.8 Å². The number of hydrogen-bond acceptors (Lipinski definition) is 9. The molecule has 0 aromatic carbocycles. The maximum absolute atomic E-state index is 12.1. The van der Waals surface area contributed by atoms with E-state index in [2.05, 4.69) is 44.0 Å². The van der Waals surface area contributed by atoms with Gasteiger partial charge in [-0.3, -0.25) is 4.90 Å². The zero-order valence-corrected chi connectivity index (χ0v) is 14.9. The monoisotopic (exact) mass is 351 g/mol. The second kappa shape index (κ2) is 9.11. The molecular weight excluding hydrogens is 326 g/mol. The average Bonchev–Trinajstić information content (AvgIpc) is 3.22. The quantitative estimate of drug-likeness (QED) is 0.632. The summed E-state index contributed by atoms with van der Waals surface area (Å²) < 4.78 is 10.9. The largest absolute Gasteiger partial charge is 0.464 e. The molecule has 2 rings (SSSR count). The standard InChI is InChI=1S/C15H25N7O3/c1-4-6-8-21(9-7-5-2)10-11-12(15(23)24-3)17-20-22(11)14-13(16)18-25-19-14/h4-10H2,1-3H3,(H2,16,18). The molecule has 0 fully saturated rings. The molecule has 0 amide bonds. The van der Waals surface area contributed by atoms with Crippen molar-refractivity contribution in [3.8, 4) is 5.82 Å². The van der Waals surface area contributed by atoms with Gasteiger partial charge < -0.3 is 10.5 Å². The van der Waals surface area contributed by atoms with Crippen LogP contribution in [0.5, 0.6) is 0 Å². The lowest BCUT2D eigenvalue weighted by Gasteiger charge is -2.22. The number of carbonyl (C=O) groups excluding carboxylic acids is 1. The molecule has 2 N–H and O–H groups in total. The molecule has 10 heteroatoms. The van der Waals surface area contributed by atoms with Crippen molar-refractivity contribution < 1.29 is 14.2 Å². The van der Waals surface area contributed by atoms with Crippen molar-refractivity contribution in [2.24, 2.45) is 0 Å². The van der Waals surface area contributed by atoms with Crippen molar-refractivity contribution in [2.45, 2.75) is 46.1 Å². The van der Waals surface area contributed by atoms with E-state index in [0.717, 1.165) is 38.8 Å². The Morgan fingerprint density at radius 1 is 1.24 bits per heavy atom. The van der Waals surface area contributed by atoms with E-state index in [9.17, 15) is 4.79 Å². The molecule has 0 aliphatic heterocycles. The molecule has 25 heavy (non-hydrogen) atoms. The fourth-order valence-electron chi connectivity index (χ4n) is 2.45. The first-order valence-electron chi connectivity index (χ1n) is 8.45. The minimum absolute atomic E-state index is 0.0798. The number of aromatic nitrogens is 5. The molecule has 0 aliphatic rings. The third kappa shape index (κ3) is 4.53. The predicted octanol–water partition coefficient (Wildman–Crippen LogP) is 1.42. The summed E-state index contributed by atoms with van der Waals surface area (Å²) in [6, 6.07) is 0. The second-order valence-corrected chi connectivity index (χ2v) is 5.74. The molecule has 2 heterocycles. The highest BCUT2D eigenvalue weighted by Crippen LogP contribution is 2.18. The van der Waals surface area contributed by atoms with Crippen LogP contribution in [0.3, 0.4) is 0 Å². The first-order valence-corrected chi connectivity index (χ1v) is 8.45. The Labute approximate surface area is 146 Å². The van der Waals surface area contributed by atoms with Crippen LogP contribution in [0.1, 0.15) is 55.7 Å². The minimum Gasteiger partial charge on any atom is -0.464 e. The molecule has 0 aliphatic carbocycles. The average molecular weight is 351 g/mol. The normalized spacial score (nSPS) is 11.2. The van der Waals surface area contributed by atoms with Crippen LogP contribution in [-0.2, 0) is 11.3 Å². The zero-order valence-electron chi connectivity index (χ0n) is 14.9. The third-order valence-electron chi connectivity index (χ3n) is 3.87. The van der Waals surface area contributed by atoms with E-state index < -0.39 is 5.97 Å². The Morgan fingerprint density at radius 3 is 2.44 bits per heavy atom. The highest BCUT2D eigenvalue weighted by Gasteiger charge is 2.25. The summed E-state index contributed by atoms with van der Waals surface area (Å²) in [5.41, 5.74) is 6.46. The Balaban J connectivity index is 2.36. The van der Waals surface area contributed by atoms with Gasteiger partial charge in [0.2, 0.25) is 11.6 Å². The number of rotatable bonds is 10. The lowest BCUT2D eigenvalue weighted by molar-refractivity contribution is 0.0591. The molecule has 0 saturated carbocycles. The van der Waals surface area contributed by atoms with Gasteiger partial charge in [-0.25, -0.2) is 9.42 Å². The van der Waals surface area contributed by atoms with E-state index in [1.807, 2.05) is 0 Å². The van der Waals surface area contributed by atoms with Crippen LogP contribution in [0, 0.1) is 0 Å². The van der Waals surface area contributed by atoms with Crippen LogP contribution in [0.15, 0.2) is 4.63 Å². The summed E-state index contributed by atoms with van der Waals surface area (Å²) in [7, 11) is 1.31. The predicted molar refractivity (Wildman–Crippen MR) is 90.1 cm³/mol. The third-order valence-corrected chi connectivity index (χ3v) is 3.87. The summed E-state index contributed by atoms with van der Waals surface area (Å²) in [4.78, 5) is 14.3. The number of methoxy groups -OCH3 is 1. The molecular formula is C15H25N7O3. The fraction of sp³-hybridized carbons (Fsp3) is 0.667. The number of nitrogen functional groups attached to an aromatic ring is 1. The summed E-state index contributed by atoms with van der Waals surface area (Å²) in [5, 5.41) is 15.3. The number of ether oxygens (including phenoxy) is 1. The van der Waals surface area contributed by atoms with Gasteiger partial charge in [0.05, 0.1) is 12.8 Å². The first-order chi connectivity index (χ1) is 12.1. The van der Waals surface area contributed by atoms with E-state index in [-0.39, 0.29) is 17.3 Å². The number of carbonyl (C=O) groups is 1. The van der Waals surface area contributed by atoms with Gasteiger partial charge in [0, 0.05) is 6.54 Å². The molecule has 0 atom stereocenters. The molecule has 2 aromatic heterocycles. The van der Waals surface area contributed by atoms with Crippen molar-refractivity contribution in [3.63, 3.8) is 0 Å². The summed E-state index contributed by atoms with van der Waals surface area (Å²) >= 11 is 0. The van der Waals surface area contributed by atoms with Crippen molar-refractivity contribution in [3.05, 3.63) is 11.4 Å². The van der Waals surface area contributed by atoms with Crippen LogP contribution in [0.4, 0.5) is 5.82 Å². The van der Waals surface area contributed by atoms with Crippen molar-refractivity contribution in [2.75, 3.05) is 25.9 Å². The molecule has 0 unspecified atom stereocenters. The number of nitrogens with two attached hydrogens (primary N) is 1. The Morgan fingerprint density at radius 2 is 1.92 bits per heavy atom. The van der Waals surface area contributed by atoms with Crippen LogP contribution < -0.4 is 5.73 Å². The molecule has 0 bridgehead atoms. The molecule has 0 radical (unpaired) electrons. The van der Waals surface area contributed by atoms with Gasteiger partial charge in [0.25, 0.3) is 0 Å². The van der Waals surface area contributed by atoms with Crippen LogP contribution in [0.2, 0.25) is 0 Å². The zero-order chi connectivity index (χ0) is 18.2. The second-order valence-electron chi connectivity index (χ2n) is 5.74. The van der Waals surface area contributed by atoms with Crippen molar-refractivity contribution >= 4 is 11.8 Å². The van der Waals surface area contributed by atoms with Crippen molar-refractivity contribution in [1.82, 2.24) is 30.2 Å². The fourth-order valence-corrected chi connectivity index (χ4v) is 2.45. The van der Waals surface area contributed by atoms with Gasteiger partial charge in [-0.1, -0.05) is 31.9 Å². The highest BCUT2D eigenvalue weighted by atomic mass is 16.6. The van der Waals surface area contributed by atoms with Crippen LogP contribution in [0.25, 0.3) is 5.82 Å². The Kier molecular flexibility index (Phi) is 6.87. The Bertz CT molecular complexity index is 674. The maximum Gasteiger partial charge on any atom is 0.360 e. The molecule has 0 spiro atoms. The SMILES string of the molecule is CCCCN(CCCC)Cc1c(C(=O)OC)nnn1-c1nonc1N. The first kappa shape index (κ1) is 18.8. The maximum atomic E-state index is 12.1. The lowest BCUT2D eigenvalue weighted by atomic mass is 10.2. The number of esters is 1. The van der Waals surface area contributed by atoms with E-state index >= 15 is 0 Å². The number of hydrogen-bond donors (Lipinski definition) is 1. The van der Waals surface area contributed by atoms with Crippen molar-refractivity contribution in [1.29, 1.82) is 0 Å². The van der Waals surface area contributed by atoms with Gasteiger partial charge in [-0.05, 0) is 36.2 Å². The lowest BCUT2D eigenvalue weighted by Crippen LogP contribution is -2.28. The number of anilines is 1.